The smallest absolute Gasteiger partial charge is 0.458 e. The Hall–Kier alpha value is -4.49. The number of aromatic nitrogens is 2. The molecular formula is C30H32F5N5O4. The topological polar surface area (TPSA) is 106 Å². The van der Waals surface area contributed by atoms with Crippen LogP contribution in [0, 0.1) is 0 Å². The molecule has 236 valence electrons. The second-order valence-electron chi connectivity index (χ2n) is 11.1. The predicted molar refractivity (Wildman–Crippen MR) is 152 cm³/mol. The molecule has 0 aliphatic carbocycles. The lowest BCUT2D eigenvalue weighted by atomic mass is 10.1. The Bertz CT molecular complexity index is 1460. The number of pyridine rings is 2. The fraction of sp³-hybridized carbons (Fsp3) is 0.400. The highest BCUT2D eigenvalue weighted by atomic mass is 19.4. The first-order valence-electron chi connectivity index (χ1n) is 13.8. The summed E-state index contributed by atoms with van der Waals surface area (Å²) in [7, 11) is 0. The molecule has 0 radical (unpaired) electrons. The van der Waals surface area contributed by atoms with Gasteiger partial charge >= 0.3 is 18.2 Å². The van der Waals surface area contributed by atoms with Crippen molar-refractivity contribution >= 4 is 23.5 Å². The molecule has 1 fully saturated rings. The van der Waals surface area contributed by atoms with Crippen LogP contribution < -0.4 is 15.4 Å². The molecule has 3 heterocycles. The van der Waals surface area contributed by atoms with Gasteiger partial charge in [-0.2, -0.15) is 22.0 Å². The number of carbonyl (C=O) groups is 2. The average Bonchev–Trinajstić information content (AvgIpc) is 3.43. The van der Waals surface area contributed by atoms with Gasteiger partial charge in [-0.15, -0.1) is 0 Å². The summed E-state index contributed by atoms with van der Waals surface area (Å²) in [6.45, 7) is 5.31. The van der Waals surface area contributed by atoms with Gasteiger partial charge in [0, 0.05) is 43.4 Å². The van der Waals surface area contributed by atoms with Gasteiger partial charge in [0.1, 0.15) is 23.8 Å². The first kappa shape index (κ1) is 32.4. The summed E-state index contributed by atoms with van der Waals surface area (Å²) in [5.74, 6) is -6.51. The number of amides is 2. The largest absolute Gasteiger partial charge is 0.491 e. The molecule has 1 saturated heterocycles. The standard InChI is InChI=1S/C30H32F5N5O4/c1-28(2,3)44-27(42)40-15-5-6-21(40)18-43-24-16-20(8-9-23(24)29(31,32)30(33,34)35)39-26(41)22-7-4-12-37-25(22)38-17-19-10-13-36-14-11-19/h4,7-14,16,21H,5-6,15,17-18H2,1-3H3,(H,37,38)(H,39,41). The van der Waals surface area contributed by atoms with Gasteiger partial charge in [-0.3, -0.25) is 9.78 Å². The van der Waals surface area contributed by atoms with Crippen molar-refractivity contribution in [1.82, 2.24) is 14.9 Å². The van der Waals surface area contributed by atoms with Crippen molar-refractivity contribution in [3.05, 3.63) is 77.7 Å². The van der Waals surface area contributed by atoms with Crippen molar-refractivity contribution in [2.75, 3.05) is 23.8 Å². The first-order valence-corrected chi connectivity index (χ1v) is 13.8. The molecule has 1 unspecified atom stereocenters. The number of nitrogens with zero attached hydrogens (tertiary/aromatic N) is 3. The molecule has 0 spiro atoms. The number of hydrogen-bond donors (Lipinski definition) is 2. The number of halogens is 5. The molecule has 2 aromatic heterocycles. The average molecular weight is 622 g/mol. The summed E-state index contributed by atoms with van der Waals surface area (Å²) in [6, 6.07) is 8.31. The second-order valence-corrected chi connectivity index (χ2v) is 11.1. The van der Waals surface area contributed by atoms with E-state index in [1.165, 1.54) is 23.2 Å². The van der Waals surface area contributed by atoms with Crippen LogP contribution in [-0.2, 0) is 17.2 Å². The maximum atomic E-state index is 14.6. The van der Waals surface area contributed by atoms with E-state index in [1.54, 1.807) is 45.3 Å². The third-order valence-electron chi connectivity index (χ3n) is 6.63. The Morgan fingerprint density at radius 2 is 1.75 bits per heavy atom. The molecule has 0 saturated carbocycles. The van der Waals surface area contributed by atoms with Gasteiger partial charge in [-0.1, -0.05) is 0 Å². The zero-order valence-corrected chi connectivity index (χ0v) is 24.3. The van der Waals surface area contributed by atoms with E-state index in [-0.39, 0.29) is 23.7 Å². The van der Waals surface area contributed by atoms with Gasteiger partial charge < -0.3 is 25.0 Å². The minimum atomic E-state index is -5.91. The quantitative estimate of drug-likeness (QED) is 0.254. The van der Waals surface area contributed by atoms with Gasteiger partial charge in [0.25, 0.3) is 5.91 Å². The number of hydrogen-bond acceptors (Lipinski definition) is 7. The van der Waals surface area contributed by atoms with E-state index in [0.717, 1.165) is 17.7 Å². The molecule has 3 aromatic rings. The number of rotatable bonds is 9. The van der Waals surface area contributed by atoms with Gasteiger partial charge in [0.15, 0.2) is 0 Å². The normalized spacial score (nSPS) is 15.5. The van der Waals surface area contributed by atoms with Crippen LogP contribution in [0.4, 0.5) is 38.3 Å². The zero-order chi connectivity index (χ0) is 32.1. The summed E-state index contributed by atoms with van der Waals surface area (Å²) in [6.07, 6.45) is -0.872. The lowest BCUT2D eigenvalue weighted by Gasteiger charge is -2.29. The molecule has 4 rings (SSSR count). The van der Waals surface area contributed by atoms with Crippen molar-refractivity contribution in [3.63, 3.8) is 0 Å². The van der Waals surface area contributed by atoms with Crippen LogP contribution >= 0.6 is 0 Å². The van der Waals surface area contributed by atoms with Crippen LogP contribution in [0.15, 0.2) is 61.1 Å². The number of likely N-dealkylation sites (tertiary alicyclic amines) is 1. The van der Waals surface area contributed by atoms with E-state index in [0.29, 0.717) is 32.0 Å². The van der Waals surface area contributed by atoms with Crippen LogP contribution in [0.3, 0.4) is 0 Å². The Kier molecular flexibility index (Phi) is 9.59. The molecule has 9 nitrogen and oxygen atoms in total. The number of alkyl halides is 5. The third-order valence-corrected chi connectivity index (χ3v) is 6.63. The number of benzene rings is 1. The highest BCUT2D eigenvalue weighted by molar-refractivity contribution is 6.07. The number of nitrogens with one attached hydrogen (secondary N) is 2. The Labute approximate surface area is 250 Å². The van der Waals surface area contributed by atoms with Crippen molar-refractivity contribution in [3.8, 4) is 5.75 Å². The minimum Gasteiger partial charge on any atom is -0.491 e. The van der Waals surface area contributed by atoms with Crippen molar-refractivity contribution in [2.45, 2.75) is 63.9 Å². The van der Waals surface area contributed by atoms with Crippen molar-refractivity contribution < 1.29 is 41.0 Å². The van der Waals surface area contributed by atoms with Gasteiger partial charge in [0.2, 0.25) is 0 Å². The number of ether oxygens (including phenoxy) is 2. The molecule has 0 bridgehead atoms. The summed E-state index contributed by atoms with van der Waals surface area (Å²) in [5, 5.41) is 5.56. The predicted octanol–water partition coefficient (Wildman–Crippen LogP) is 6.77. The number of anilines is 2. The molecule has 14 heteroatoms. The van der Waals surface area contributed by atoms with E-state index in [4.69, 9.17) is 9.47 Å². The number of carbonyl (C=O) groups excluding carboxylic acids is 2. The first-order chi connectivity index (χ1) is 20.7. The Balaban J connectivity index is 1.56. The Morgan fingerprint density at radius 1 is 1.02 bits per heavy atom. The summed E-state index contributed by atoms with van der Waals surface area (Å²) in [5.41, 5.74) is -1.33. The van der Waals surface area contributed by atoms with Crippen LogP contribution in [0.2, 0.25) is 0 Å². The fourth-order valence-electron chi connectivity index (χ4n) is 4.50. The molecule has 2 amide bonds. The van der Waals surface area contributed by atoms with E-state index < -0.39 is 47.1 Å². The molecule has 44 heavy (non-hydrogen) atoms. The summed E-state index contributed by atoms with van der Waals surface area (Å²) >= 11 is 0. The van der Waals surface area contributed by atoms with Gasteiger partial charge in [-0.05, 0) is 75.6 Å². The second kappa shape index (κ2) is 13.0. The van der Waals surface area contributed by atoms with Crippen LogP contribution in [0.1, 0.15) is 55.1 Å². The van der Waals surface area contributed by atoms with Crippen LogP contribution in [-0.4, -0.2) is 57.8 Å². The highest BCUT2D eigenvalue weighted by Crippen LogP contribution is 2.48. The molecule has 1 aliphatic heterocycles. The SMILES string of the molecule is CC(C)(C)OC(=O)N1CCCC1COc1cc(NC(=O)c2cccnc2NCc2ccncc2)ccc1C(F)(F)C(F)(F)F. The summed E-state index contributed by atoms with van der Waals surface area (Å²) in [4.78, 5) is 35.3. The fourth-order valence-corrected chi connectivity index (χ4v) is 4.50. The zero-order valence-electron chi connectivity index (χ0n) is 24.3. The lowest BCUT2D eigenvalue weighted by molar-refractivity contribution is -0.289. The van der Waals surface area contributed by atoms with Crippen molar-refractivity contribution in [1.29, 1.82) is 0 Å². The van der Waals surface area contributed by atoms with Gasteiger partial charge in [-0.25, -0.2) is 9.78 Å². The molecular weight excluding hydrogens is 589 g/mol. The van der Waals surface area contributed by atoms with Crippen molar-refractivity contribution in [2.24, 2.45) is 0 Å². The maximum Gasteiger partial charge on any atom is 0.458 e. The Morgan fingerprint density at radius 3 is 2.43 bits per heavy atom. The minimum absolute atomic E-state index is 0.0916. The maximum absolute atomic E-state index is 14.6. The van der Waals surface area contributed by atoms with E-state index >= 15 is 0 Å². The van der Waals surface area contributed by atoms with Crippen LogP contribution in [0.25, 0.3) is 0 Å². The molecule has 1 aliphatic rings. The van der Waals surface area contributed by atoms with Gasteiger partial charge in [0.05, 0.1) is 17.2 Å². The van der Waals surface area contributed by atoms with E-state index in [1.807, 2.05) is 0 Å². The van der Waals surface area contributed by atoms with Crippen LogP contribution in [0.5, 0.6) is 5.75 Å². The summed E-state index contributed by atoms with van der Waals surface area (Å²) < 4.78 is 80.2. The molecule has 2 N–H and O–H groups in total. The highest BCUT2D eigenvalue weighted by Gasteiger charge is 2.60. The molecule has 1 aromatic carbocycles. The lowest BCUT2D eigenvalue weighted by Crippen LogP contribution is -2.42. The van der Waals surface area contributed by atoms with E-state index in [2.05, 4.69) is 20.6 Å². The third kappa shape index (κ3) is 7.91. The van der Waals surface area contributed by atoms with E-state index in [9.17, 15) is 31.5 Å². The molecule has 1 atom stereocenters. The monoisotopic (exact) mass is 621 g/mol.